The molecule has 9 nitrogen and oxygen atoms in total. The molecule has 1 aliphatic carbocycles. The Morgan fingerprint density at radius 1 is 1.19 bits per heavy atom. The van der Waals surface area contributed by atoms with Crippen molar-refractivity contribution >= 4 is 28.4 Å². The minimum Gasteiger partial charge on any atom is -0.477 e. The number of halogens is 2. The molecule has 218 valence electrons. The van der Waals surface area contributed by atoms with Crippen LogP contribution in [0, 0.1) is 11.6 Å². The van der Waals surface area contributed by atoms with Crippen molar-refractivity contribution in [2.45, 2.75) is 38.8 Å². The monoisotopic (exact) mass is 574 g/mol. The number of nitrogens with zero attached hydrogens (tertiary/aromatic N) is 5. The van der Waals surface area contributed by atoms with E-state index in [1.165, 1.54) is 6.20 Å². The normalized spacial score (nSPS) is 16.1. The zero-order valence-corrected chi connectivity index (χ0v) is 24.0. The quantitative estimate of drug-likeness (QED) is 0.291. The van der Waals surface area contributed by atoms with Gasteiger partial charge in [-0.05, 0) is 37.6 Å². The summed E-state index contributed by atoms with van der Waals surface area (Å²) in [4.78, 5) is 39.0. The van der Waals surface area contributed by atoms with Crippen LogP contribution in [0.4, 0.5) is 20.2 Å². The number of aromatic carboxylic acids is 1. The predicted molar refractivity (Wildman–Crippen MR) is 158 cm³/mol. The molecule has 11 heteroatoms. The number of pyridine rings is 3. The standard InChI is InChI=1S/C31H32F2N6O3/c1-5-38-8-6-7-17(38)14-39-15-21(31(41)42)29(40)19-9-16(12-36-30(19)39)20-13-35-24-10-18-23(34-2)11-22(32)27(33)25(18)26(24)28(20)37(3)4/h9,11-13,15,17,34H,5-8,10,14H2,1-4H3,(H,41,42). The van der Waals surface area contributed by atoms with E-state index in [2.05, 4.69) is 27.1 Å². The number of hydrogen-bond acceptors (Lipinski definition) is 7. The number of nitrogens with one attached hydrogen (secondary N) is 1. The van der Waals surface area contributed by atoms with Gasteiger partial charge in [-0.2, -0.15) is 0 Å². The predicted octanol–water partition coefficient (Wildman–Crippen LogP) is 4.60. The molecule has 0 amide bonds. The molecule has 4 heterocycles. The molecule has 0 spiro atoms. The van der Waals surface area contributed by atoms with Gasteiger partial charge < -0.3 is 19.9 Å². The second-order valence-corrected chi connectivity index (χ2v) is 11.1. The lowest BCUT2D eigenvalue weighted by Crippen LogP contribution is -2.33. The first-order valence-electron chi connectivity index (χ1n) is 14.0. The Labute approximate surface area is 241 Å². The Balaban J connectivity index is 1.56. The van der Waals surface area contributed by atoms with E-state index in [4.69, 9.17) is 0 Å². The van der Waals surface area contributed by atoms with Crippen molar-refractivity contribution in [2.24, 2.45) is 0 Å². The zero-order chi connectivity index (χ0) is 29.9. The molecule has 4 aromatic rings. The highest BCUT2D eigenvalue weighted by Gasteiger charge is 2.33. The van der Waals surface area contributed by atoms with Crippen LogP contribution in [0.2, 0.25) is 0 Å². The third-order valence-electron chi connectivity index (χ3n) is 8.53. The Kier molecular flexibility index (Phi) is 6.92. The van der Waals surface area contributed by atoms with Gasteiger partial charge in [-0.25, -0.2) is 18.6 Å². The molecule has 0 bridgehead atoms. The Morgan fingerprint density at radius 3 is 2.67 bits per heavy atom. The van der Waals surface area contributed by atoms with E-state index in [0.717, 1.165) is 32.0 Å². The number of carbonyl (C=O) groups is 1. The largest absolute Gasteiger partial charge is 0.477 e. The number of likely N-dealkylation sites (tertiary alicyclic amines) is 1. The maximum atomic E-state index is 15.4. The van der Waals surface area contributed by atoms with Crippen molar-refractivity contribution in [3.63, 3.8) is 0 Å². The van der Waals surface area contributed by atoms with Crippen LogP contribution in [-0.4, -0.2) is 70.8 Å². The zero-order valence-electron chi connectivity index (χ0n) is 24.0. The van der Waals surface area contributed by atoms with Crippen LogP contribution in [0.15, 0.2) is 35.5 Å². The average Bonchev–Trinajstić information content (AvgIpc) is 3.59. The molecular weight excluding hydrogens is 542 g/mol. The van der Waals surface area contributed by atoms with E-state index >= 15 is 4.39 Å². The maximum Gasteiger partial charge on any atom is 0.341 e. The molecule has 1 saturated heterocycles. The van der Waals surface area contributed by atoms with Gasteiger partial charge in [0.1, 0.15) is 11.2 Å². The summed E-state index contributed by atoms with van der Waals surface area (Å²) in [6, 6.07) is 3.00. The van der Waals surface area contributed by atoms with Gasteiger partial charge in [0.25, 0.3) is 0 Å². The molecule has 0 saturated carbocycles. The Bertz CT molecular complexity index is 1820. The van der Waals surface area contributed by atoms with E-state index in [1.807, 2.05) is 4.90 Å². The summed E-state index contributed by atoms with van der Waals surface area (Å²) in [6.45, 7) is 4.47. The third-order valence-corrected chi connectivity index (χ3v) is 8.53. The van der Waals surface area contributed by atoms with Crippen molar-refractivity contribution < 1.29 is 18.7 Å². The number of likely N-dealkylation sites (N-methyl/N-ethyl adjacent to an activating group) is 1. The Hall–Kier alpha value is -4.38. The average molecular weight is 575 g/mol. The first-order valence-corrected chi connectivity index (χ1v) is 14.0. The molecular formula is C31H32F2N6O3. The van der Waals surface area contributed by atoms with Crippen LogP contribution < -0.4 is 15.6 Å². The third kappa shape index (κ3) is 4.30. The van der Waals surface area contributed by atoms with Crippen LogP contribution in [0.25, 0.3) is 33.3 Å². The lowest BCUT2D eigenvalue weighted by Gasteiger charge is -2.25. The molecule has 42 heavy (non-hydrogen) atoms. The van der Waals surface area contributed by atoms with E-state index in [9.17, 15) is 19.1 Å². The van der Waals surface area contributed by atoms with Gasteiger partial charge in [0.2, 0.25) is 5.43 Å². The van der Waals surface area contributed by atoms with Crippen LogP contribution in [0.3, 0.4) is 0 Å². The molecule has 1 aromatic carbocycles. The summed E-state index contributed by atoms with van der Waals surface area (Å²) in [7, 11) is 5.27. The van der Waals surface area contributed by atoms with E-state index < -0.39 is 23.0 Å². The van der Waals surface area contributed by atoms with Gasteiger partial charge in [0.15, 0.2) is 11.6 Å². The summed E-state index contributed by atoms with van der Waals surface area (Å²) in [5.74, 6) is -3.20. The number of carboxylic acid groups (broad SMARTS) is 1. The summed E-state index contributed by atoms with van der Waals surface area (Å²) in [6.07, 6.45) is 7.02. The number of fused-ring (bicyclic) bond motifs is 4. The number of anilines is 2. The van der Waals surface area contributed by atoms with Crippen molar-refractivity contribution in [3.05, 3.63) is 69.4 Å². The van der Waals surface area contributed by atoms with Gasteiger partial charge >= 0.3 is 5.97 Å². The number of aromatic nitrogens is 3. The second kappa shape index (κ2) is 10.5. The van der Waals surface area contributed by atoms with Crippen molar-refractivity contribution in [1.29, 1.82) is 0 Å². The highest BCUT2D eigenvalue weighted by Crippen LogP contribution is 2.49. The highest BCUT2D eigenvalue weighted by atomic mass is 19.2. The Morgan fingerprint density at radius 2 is 1.98 bits per heavy atom. The lowest BCUT2D eigenvalue weighted by atomic mass is 9.97. The molecule has 1 aliphatic heterocycles. The molecule has 2 N–H and O–H groups in total. The molecule has 1 fully saturated rings. The van der Waals surface area contributed by atoms with Crippen LogP contribution >= 0.6 is 0 Å². The summed E-state index contributed by atoms with van der Waals surface area (Å²) < 4.78 is 31.8. The molecule has 3 aromatic heterocycles. The number of rotatable bonds is 7. The summed E-state index contributed by atoms with van der Waals surface area (Å²) in [5, 5.41) is 13.0. The van der Waals surface area contributed by atoms with Crippen LogP contribution in [-0.2, 0) is 13.0 Å². The lowest BCUT2D eigenvalue weighted by molar-refractivity contribution is 0.0694. The molecule has 6 rings (SSSR count). The van der Waals surface area contributed by atoms with Crippen LogP contribution in [0.1, 0.15) is 41.4 Å². The second-order valence-electron chi connectivity index (χ2n) is 11.1. The van der Waals surface area contributed by atoms with E-state index in [1.54, 1.807) is 44.2 Å². The fourth-order valence-electron chi connectivity index (χ4n) is 6.57. The maximum absolute atomic E-state index is 15.4. The highest BCUT2D eigenvalue weighted by molar-refractivity contribution is 5.98. The topological polar surface area (TPSA) is 104 Å². The van der Waals surface area contributed by atoms with Crippen molar-refractivity contribution in [3.8, 4) is 22.3 Å². The minimum absolute atomic E-state index is 0.161. The van der Waals surface area contributed by atoms with Crippen molar-refractivity contribution in [1.82, 2.24) is 19.4 Å². The van der Waals surface area contributed by atoms with Gasteiger partial charge in [-0.1, -0.05) is 6.92 Å². The van der Waals surface area contributed by atoms with Gasteiger partial charge in [0, 0.05) is 92.7 Å². The van der Waals surface area contributed by atoms with E-state index in [0.29, 0.717) is 57.9 Å². The summed E-state index contributed by atoms with van der Waals surface area (Å²) in [5.41, 5.74) is 3.50. The molecule has 2 aliphatic rings. The van der Waals surface area contributed by atoms with Crippen LogP contribution in [0.5, 0.6) is 0 Å². The fraction of sp³-hybridized carbons (Fsp3) is 0.355. The minimum atomic E-state index is -1.30. The van der Waals surface area contributed by atoms with Gasteiger partial charge in [-0.3, -0.25) is 14.7 Å². The SMILES string of the molecule is CCN1CCCC1Cn1cc(C(=O)O)c(=O)c2cc(-c3cnc4c(c3N(C)C)-c3c(F)c(F)cc(NC)c3C4)cnc21. The number of carboxylic acids is 1. The first-order chi connectivity index (χ1) is 20.1. The van der Waals surface area contributed by atoms with Gasteiger partial charge in [0.05, 0.1) is 16.8 Å². The number of benzene rings is 1. The van der Waals surface area contributed by atoms with Gasteiger partial charge in [-0.15, -0.1) is 0 Å². The number of hydrogen-bond donors (Lipinski definition) is 2. The van der Waals surface area contributed by atoms with Crippen molar-refractivity contribution in [2.75, 3.05) is 44.4 Å². The fourth-order valence-corrected chi connectivity index (χ4v) is 6.57. The molecule has 1 unspecified atom stereocenters. The molecule has 1 atom stereocenters. The molecule has 0 radical (unpaired) electrons. The van der Waals surface area contributed by atoms with E-state index in [-0.39, 0.29) is 22.6 Å². The first kappa shape index (κ1) is 27.8. The smallest absolute Gasteiger partial charge is 0.341 e. The summed E-state index contributed by atoms with van der Waals surface area (Å²) >= 11 is 0.